The summed E-state index contributed by atoms with van der Waals surface area (Å²) >= 11 is 0. The molecule has 1 saturated carbocycles. The molecule has 11 nitrogen and oxygen atoms in total. The van der Waals surface area contributed by atoms with Gasteiger partial charge in [-0.1, -0.05) is 67.1 Å². The third-order valence-electron chi connectivity index (χ3n) is 7.01. The van der Waals surface area contributed by atoms with Crippen molar-refractivity contribution < 1.29 is 33.4 Å². The third-order valence-corrected chi connectivity index (χ3v) is 7.01. The number of aromatic nitrogens is 2. The van der Waals surface area contributed by atoms with Gasteiger partial charge >= 0.3 is 12.1 Å². The molecule has 0 saturated heterocycles. The third kappa shape index (κ3) is 9.35. The molecule has 11 heteroatoms. The fraction of sp³-hybridized carbons (Fsp3) is 0.375. The fourth-order valence-corrected chi connectivity index (χ4v) is 4.82. The minimum absolute atomic E-state index is 0.105. The summed E-state index contributed by atoms with van der Waals surface area (Å²) in [5, 5.41) is 2.88. The molecule has 1 unspecified atom stereocenters. The Hall–Kier alpha value is -4.80. The largest absolute Gasteiger partial charge is 0.511 e. The maximum Gasteiger partial charge on any atom is 0.511 e. The van der Waals surface area contributed by atoms with E-state index >= 15 is 0 Å². The molecule has 1 aromatic heterocycles. The zero-order chi connectivity index (χ0) is 30.6. The number of hydrogen-bond acceptors (Lipinski definition) is 9. The van der Waals surface area contributed by atoms with Gasteiger partial charge in [0.1, 0.15) is 11.7 Å². The Morgan fingerprint density at radius 2 is 1.53 bits per heavy atom. The molecule has 0 bridgehead atoms. The summed E-state index contributed by atoms with van der Waals surface area (Å²) in [7, 11) is 0. The van der Waals surface area contributed by atoms with E-state index in [0.29, 0.717) is 0 Å². The number of Topliss-reactive ketones (excluding diaryl/α,β-unsaturated/α-hetero) is 1. The highest BCUT2D eigenvalue weighted by atomic mass is 16.8. The second kappa shape index (κ2) is 15.4. The summed E-state index contributed by atoms with van der Waals surface area (Å²) in [4.78, 5) is 68.8. The standard InChI is InChI=1S/C32H35N3O8/c1-21(42-32(40)43-24-16-9-4-10-17-24)41-27(37)19-11-18-26(36)29-33-20-25(31(39)35-29)30(38)34-28(22-12-5-2-6-13-22)23-14-7-3-8-15-23/h2-3,5-8,12-15,20-21,24,28H,4,9-11,16-19H2,1H3,(H,34,38)(H,33,35,39). The number of nitrogens with zero attached hydrogens (tertiary/aromatic N) is 1. The van der Waals surface area contributed by atoms with Crippen molar-refractivity contribution in [2.24, 2.45) is 0 Å². The molecular formula is C32H35N3O8. The molecule has 3 aromatic rings. The molecule has 43 heavy (non-hydrogen) atoms. The molecule has 0 radical (unpaired) electrons. The van der Waals surface area contributed by atoms with Crippen LogP contribution in [0.15, 0.2) is 71.7 Å². The van der Waals surface area contributed by atoms with E-state index in [4.69, 9.17) is 14.2 Å². The summed E-state index contributed by atoms with van der Waals surface area (Å²) in [6.07, 6.45) is 3.42. The Balaban J connectivity index is 1.25. The number of carbonyl (C=O) groups is 4. The first kappa shape index (κ1) is 31.1. The lowest BCUT2D eigenvalue weighted by molar-refractivity contribution is -0.169. The van der Waals surface area contributed by atoms with E-state index in [1.165, 1.54) is 6.92 Å². The van der Waals surface area contributed by atoms with Gasteiger partial charge in [-0.25, -0.2) is 9.78 Å². The number of amides is 1. The zero-order valence-electron chi connectivity index (χ0n) is 24.0. The predicted molar refractivity (Wildman–Crippen MR) is 155 cm³/mol. The van der Waals surface area contributed by atoms with Crippen LogP contribution in [-0.2, 0) is 19.0 Å². The molecular weight excluding hydrogens is 554 g/mol. The van der Waals surface area contributed by atoms with Gasteiger partial charge in [-0.05, 0) is 43.2 Å². The highest BCUT2D eigenvalue weighted by Crippen LogP contribution is 2.22. The van der Waals surface area contributed by atoms with Crippen LogP contribution in [0.2, 0.25) is 0 Å². The van der Waals surface area contributed by atoms with Crippen LogP contribution in [0, 0.1) is 0 Å². The first-order valence-electron chi connectivity index (χ1n) is 14.4. The van der Waals surface area contributed by atoms with Crippen LogP contribution in [0.1, 0.15) is 96.4 Å². The van der Waals surface area contributed by atoms with Crippen molar-refractivity contribution in [2.45, 2.75) is 76.7 Å². The van der Waals surface area contributed by atoms with Crippen molar-refractivity contribution in [2.75, 3.05) is 0 Å². The first-order chi connectivity index (χ1) is 20.8. The van der Waals surface area contributed by atoms with Crippen molar-refractivity contribution >= 4 is 23.8 Å². The maximum absolute atomic E-state index is 13.1. The second-order valence-corrected chi connectivity index (χ2v) is 10.3. The van der Waals surface area contributed by atoms with Gasteiger partial charge < -0.3 is 24.5 Å². The molecule has 0 spiro atoms. The lowest BCUT2D eigenvalue weighted by Gasteiger charge is -2.22. The highest BCUT2D eigenvalue weighted by molar-refractivity contribution is 5.95. The van der Waals surface area contributed by atoms with E-state index in [-0.39, 0.29) is 36.8 Å². The molecule has 1 atom stereocenters. The van der Waals surface area contributed by atoms with Crippen LogP contribution in [0.3, 0.4) is 0 Å². The van der Waals surface area contributed by atoms with E-state index in [1.807, 2.05) is 60.7 Å². The van der Waals surface area contributed by atoms with Crippen LogP contribution < -0.4 is 10.9 Å². The maximum atomic E-state index is 13.1. The zero-order valence-corrected chi connectivity index (χ0v) is 24.0. The van der Waals surface area contributed by atoms with E-state index in [0.717, 1.165) is 49.4 Å². The number of ketones is 1. The van der Waals surface area contributed by atoms with Crippen molar-refractivity contribution in [3.8, 4) is 0 Å². The number of rotatable bonds is 12. The Labute approximate surface area is 249 Å². The molecule has 226 valence electrons. The van der Waals surface area contributed by atoms with Gasteiger partial charge in [-0.2, -0.15) is 0 Å². The van der Waals surface area contributed by atoms with Crippen molar-refractivity contribution in [1.29, 1.82) is 0 Å². The molecule has 1 aliphatic rings. The molecule has 4 rings (SSSR count). The molecule has 1 heterocycles. The normalized spacial score (nSPS) is 14.0. The van der Waals surface area contributed by atoms with E-state index in [2.05, 4.69) is 15.3 Å². The van der Waals surface area contributed by atoms with Gasteiger partial charge in [0.05, 0.1) is 6.04 Å². The summed E-state index contributed by atoms with van der Waals surface area (Å²) in [5.74, 6) is -2.04. The molecule has 1 fully saturated rings. The van der Waals surface area contributed by atoms with Crippen molar-refractivity contribution in [3.05, 3.63) is 99.7 Å². The number of esters is 1. The number of carbonyl (C=O) groups excluding carboxylic acids is 4. The van der Waals surface area contributed by atoms with Gasteiger partial charge in [0.2, 0.25) is 6.29 Å². The van der Waals surface area contributed by atoms with Gasteiger partial charge in [-0.3, -0.25) is 19.2 Å². The predicted octanol–water partition coefficient (Wildman–Crippen LogP) is 5.02. The number of benzene rings is 2. The Morgan fingerprint density at radius 1 is 0.907 bits per heavy atom. The lowest BCUT2D eigenvalue weighted by Crippen LogP contribution is -2.34. The van der Waals surface area contributed by atoms with E-state index < -0.39 is 41.7 Å². The summed E-state index contributed by atoms with van der Waals surface area (Å²) in [6, 6.07) is 18.1. The number of hydrogen-bond donors (Lipinski definition) is 2. The topological polar surface area (TPSA) is 154 Å². The fourth-order valence-electron chi connectivity index (χ4n) is 4.82. The molecule has 2 aromatic carbocycles. The summed E-state index contributed by atoms with van der Waals surface area (Å²) in [5.41, 5.74) is 0.656. The van der Waals surface area contributed by atoms with E-state index in [9.17, 15) is 24.0 Å². The summed E-state index contributed by atoms with van der Waals surface area (Å²) < 4.78 is 15.3. The number of nitrogens with one attached hydrogen (secondary N) is 2. The van der Waals surface area contributed by atoms with Crippen LogP contribution >= 0.6 is 0 Å². The minimum Gasteiger partial charge on any atom is -0.431 e. The van der Waals surface area contributed by atoms with Crippen LogP contribution in [0.5, 0.6) is 0 Å². The quantitative estimate of drug-likeness (QED) is 0.168. The van der Waals surface area contributed by atoms with E-state index in [1.54, 1.807) is 0 Å². The Bertz CT molecular complexity index is 1410. The van der Waals surface area contributed by atoms with Gasteiger partial charge in [0, 0.05) is 26.0 Å². The monoisotopic (exact) mass is 589 g/mol. The minimum atomic E-state index is -1.14. The molecule has 1 amide bonds. The Morgan fingerprint density at radius 3 is 2.14 bits per heavy atom. The number of ether oxygens (including phenoxy) is 3. The number of H-pyrrole nitrogens is 1. The average Bonchev–Trinajstić information content (AvgIpc) is 3.00. The molecule has 0 aliphatic heterocycles. The van der Waals surface area contributed by atoms with Gasteiger partial charge in [-0.15, -0.1) is 0 Å². The smallest absolute Gasteiger partial charge is 0.431 e. The summed E-state index contributed by atoms with van der Waals surface area (Å²) in [6.45, 7) is 1.40. The lowest BCUT2D eigenvalue weighted by atomic mass is 9.98. The van der Waals surface area contributed by atoms with Crippen LogP contribution in [0.25, 0.3) is 0 Å². The first-order valence-corrected chi connectivity index (χ1v) is 14.4. The number of aromatic amines is 1. The molecule has 1 aliphatic carbocycles. The second-order valence-electron chi connectivity index (χ2n) is 10.3. The SMILES string of the molecule is CC(OC(=O)CCCC(=O)c1ncc(C(=O)NC(c2ccccc2)c2ccccc2)c(=O)[nH]1)OC(=O)OC1CCCCC1. The average molecular weight is 590 g/mol. The van der Waals surface area contributed by atoms with Crippen molar-refractivity contribution in [1.82, 2.24) is 15.3 Å². The Kier molecular flexibility index (Phi) is 11.2. The highest BCUT2D eigenvalue weighted by Gasteiger charge is 2.23. The van der Waals surface area contributed by atoms with Gasteiger partial charge in [0.15, 0.2) is 11.6 Å². The van der Waals surface area contributed by atoms with Crippen LogP contribution in [0.4, 0.5) is 4.79 Å². The van der Waals surface area contributed by atoms with Crippen LogP contribution in [-0.4, -0.2) is 46.2 Å². The molecule has 2 N–H and O–H groups in total. The van der Waals surface area contributed by atoms with Crippen molar-refractivity contribution in [3.63, 3.8) is 0 Å². The van der Waals surface area contributed by atoms with Gasteiger partial charge in [0.25, 0.3) is 11.5 Å².